The summed E-state index contributed by atoms with van der Waals surface area (Å²) in [6.45, 7) is -0.766. The molecule has 0 radical (unpaired) electrons. The standard InChI is InChI=1S/C17H19F3N2O4/c18-17(19,20)10-22-11-21(9-15(22)23)16(24)12-1-3-13(4-2-12)26-14-5-7-25-8-6-14/h1-4,14H,5-11H2. The number of hydrogen-bond acceptors (Lipinski definition) is 4. The first-order valence-corrected chi connectivity index (χ1v) is 8.30. The Morgan fingerprint density at radius 2 is 1.85 bits per heavy atom. The van der Waals surface area contributed by atoms with E-state index in [2.05, 4.69) is 0 Å². The van der Waals surface area contributed by atoms with E-state index in [1.54, 1.807) is 24.3 Å². The summed E-state index contributed by atoms with van der Waals surface area (Å²) in [6.07, 6.45) is -2.83. The molecule has 26 heavy (non-hydrogen) atoms. The van der Waals surface area contributed by atoms with Crippen LogP contribution >= 0.6 is 0 Å². The lowest BCUT2D eigenvalue weighted by Gasteiger charge is -2.23. The lowest BCUT2D eigenvalue weighted by Crippen LogP contribution is -2.37. The lowest BCUT2D eigenvalue weighted by molar-refractivity contribution is -0.157. The Balaban J connectivity index is 1.58. The molecule has 9 heteroatoms. The van der Waals surface area contributed by atoms with Crippen molar-refractivity contribution in [2.75, 3.05) is 33.0 Å². The SMILES string of the molecule is O=C1CN(C(=O)c2ccc(OC3CCOCC3)cc2)CN1CC(F)(F)F. The fourth-order valence-corrected chi connectivity index (χ4v) is 2.93. The van der Waals surface area contributed by atoms with Gasteiger partial charge in [0.25, 0.3) is 5.91 Å². The van der Waals surface area contributed by atoms with Crippen molar-refractivity contribution in [3.63, 3.8) is 0 Å². The summed E-state index contributed by atoms with van der Waals surface area (Å²) in [5.74, 6) is -0.583. The first-order valence-electron chi connectivity index (χ1n) is 8.30. The van der Waals surface area contributed by atoms with Crippen LogP contribution in [0, 0.1) is 0 Å². The zero-order valence-electron chi connectivity index (χ0n) is 14.0. The summed E-state index contributed by atoms with van der Waals surface area (Å²) in [5, 5.41) is 0. The van der Waals surface area contributed by atoms with Crippen LogP contribution in [0.5, 0.6) is 5.75 Å². The largest absolute Gasteiger partial charge is 0.490 e. The number of benzene rings is 1. The van der Waals surface area contributed by atoms with Crippen molar-refractivity contribution < 1.29 is 32.2 Å². The van der Waals surface area contributed by atoms with Crippen LogP contribution in [0.3, 0.4) is 0 Å². The molecule has 0 saturated carbocycles. The first-order chi connectivity index (χ1) is 12.3. The normalized spacial score (nSPS) is 19.1. The number of alkyl halides is 3. The zero-order valence-corrected chi connectivity index (χ0v) is 14.0. The van der Waals surface area contributed by atoms with Gasteiger partial charge >= 0.3 is 6.18 Å². The Morgan fingerprint density at radius 3 is 2.46 bits per heavy atom. The molecule has 1 aromatic rings. The van der Waals surface area contributed by atoms with Gasteiger partial charge in [0.2, 0.25) is 5.91 Å². The molecule has 2 aliphatic heterocycles. The van der Waals surface area contributed by atoms with Crippen LogP contribution in [0.2, 0.25) is 0 Å². The van der Waals surface area contributed by atoms with E-state index in [1.807, 2.05) is 0 Å². The van der Waals surface area contributed by atoms with Crippen LogP contribution in [-0.2, 0) is 9.53 Å². The van der Waals surface area contributed by atoms with Crippen molar-refractivity contribution in [1.82, 2.24) is 9.80 Å². The van der Waals surface area contributed by atoms with E-state index in [0.717, 1.165) is 17.7 Å². The molecule has 142 valence electrons. The van der Waals surface area contributed by atoms with E-state index in [-0.39, 0.29) is 19.3 Å². The quantitative estimate of drug-likeness (QED) is 0.812. The molecule has 0 atom stereocenters. The fraction of sp³-hybridized carbons (Fsp3) is 0.529. The first kappa shape index (κ1) is 18.5. The second kappa shape index (κ2) is 7.53. The molecule has 0 spiro atoms. The van der Waals surface area contributed by atoms with E-state index in [0.29, 0.717) is 29.4 Å². The van der Waals surface area contributed by atoms with Gasteiger partial charge < -0.3 is 19.3 Å². The second-order valence-electron chi connectivity index (χ2n) is 6.31. The van der Waals surface area contributed by atoms with E-state index < -0.39 is 24.5 Å². The summed E-state index contributed by atoms with van der Waals surface area (Å²) in [4.78, 5) is 25.8. The number of halogens is 3. The highest BCUT2D eigenvalue weighted by Gasteiger charge is 2.39. The average Bonchev–Trinajstić information content (AvgIpc) is 2.95. The van der Waals surface area contributed by atoms with E-state index >= 15 is 0 Å². The molecule has 2 heterocycles. The van der Waals surface area contributed by atoms with Gasteiger partial charge in [-0.1, -0.05) is 0 Å². The molecule has 2 aliphatic rings. The topological polar surface area (TPSA) is 59.1 Å². The smallest absolute Gasteiger partial charge is 0.406 e. The molecule has 0 aliphatic carbocycles. The summed E-state index contributed by atoms with van der Waals surface area (Å²) in [5.41, 5.74) is 0.297. The molecule has 6 nitrogen and oxygen atoms in total. The van der Waals surface area contributed by atoms with Gasteiger partial charge in [0, 0.05) is 18.4 Å². The highest BCUT2D eigenvalue weighted by atomic mass is 19.4. The Labute approximate surface area is 148 Å². The second-order valence-corrected chi connectivity index (χ2v) is 6.31. The maximum atomic E-state index is 12.4. The van der Waals surface area contributed by atoms with Gasteiger partial charge in [-0.25, -0.2) is 0 Å². The molecule has 0 N–H and O–H groups in total. The van der Waals surface area contributed by atoms with Crippen molar-refractivity contribution in [3.8, 4) is 5.75 Å². The highest BCUT2D eigenvalue weighted by Crippen LogP contribution is 2.22. The monoisotopic (exact) mass is 372 g/mol. The minimum atomic E-state index is -4.49. The van der Waals surface area contributed by atoms with Crippen LogP contribution in [0.15, 0.2) is 24.3 Å². The number of nitrogens with zero attached hydrogens (tertiary/aromatic N) is 2. The predicted octanol–water partition coefficient (Wildman–Crippen LogP) is 2.05. The van der Waals surface area contributed by atoms with E-state index in [4.69, 9.17) is 9.47 Å². The van der Waals surface area contributed by atoms with Crippen molar-refractivity contribution >= 4 is 11.8 Å². The Hall–Kier alpha value is -2.29. The van der Waals surface area contributed by atoms with E-state index in [9.17, 15) is 22.8 Å². The van der Waals surface area contributed by atoms with Crippen LogP contribution < -0.4 is 4.74 Å². The lowest BCUT2D eigenvalue weighted by atomic mass is 10.1. The summed E-state index contributed by atoms with van der Waals surface area (Å²) >= 11 is 0. The van der Waals surface area contributed by atoms with Gasteiger partial charge in [-0.15, -0.1) is 0 Å². The minimum Gasteiger partial charge on any atom is -0.490 e. The van der Waals surface area contributed by atoms with Crippen molar-refractivity contribution in [2.24, 2.45) is 0 Å². The molecular weight excluding hydrogens is 353 g/mol. The summed E-state index contributed by atoms with van der Waals surface area (Å²) in [6, 6.07) is 6.39. The molecule has 0 bridgehead atoms. The van der Waals surface area contributed by atoms with Gasteiger partial charge in [0.1, 0.15) is 24.9 Å². The molecule has 2 fully saturated rings. The van der Waals surface area contributed by atoms with Crippen molar-refractivity contribution in [1.29, 1.82) is 0 Å². The molecular formula is C17H19F3N2O4. The van der Waals surface area contributed by atoms with Gasteiger partial charge in [-0.2, -0.15) is 13.2 Å². The van der Waals surface area contributed by atoms with Gasteiger partial charge in [0.15, 0.2) is 0 Å². The number of carbonyl (C=O) groups excluding carboxylic acids is 2. The van der Waals surface area contributed by atoms with Gasteiger partial charge in [-0.3, -0.25) is 9.59 Å². The van der Waals surface area contributed by atoms with Crippen LogP contribution in [-0.4, -0.2) is 66.9 Å². The number of hydrogen-bond donors (Lipinski definition) is 0. The molecule has 2 saturated heterocycles. The minimum absolute atomic E-state index is 0.0671. The third-order valence-corrected chi connectivity index (χ3v) is 4.25. The van der Waals surface area contributed by atoms with Crippen LogP contribution in [0.4, 0.5) is 13.2 Å². The average molecular weight is 372 g/mol. The van der Waals surface area contributed by atoms with Crippen LogP contribution in [0.25, 0.3) is 0 Å². The molecule has 0 unspecified atom stereocenters. The van der Waals surface area contributed by atoms with Gasteiger partial charge in [0.05, 0.1) is 19.9 Å². The number of carbonyl (C=O) groups is 2. The van der Waals surface area contributed by atoms with Crippen molar-refractivity contribution in [3.05, 3.63) is 29.8 Å². The number of rotatable bonds is 4. The molecule has 2 amide bonds. The highest BCUT2D eigenvalue weighted by molar-refractivity contribution is 5.98. The maximum absolute atomic E-state index is 12.4. The Kier molecular flexibility index (Phi) is 5.36. The van der Waals surface area contributed by atoms with E-state index in [1.165, 1.54) is 0 Å². The maximum Gasteiger partial charge on any atom is 0.406 e. The van der Waals surface area contributed by atoms with Crippen molar-refractivity contribution in [2.45, 2.75) is 25.1 Å². The number of amides is 2. The Bertz CT molecular complexity index is 657. The molecule has 1 aromatic carbocycles. The number of ether oxygens (including phenoxy) is 2. The summed E-state index contributed by atoms with van der Waals surface area (Å²) in [7, 11) is 0. The van der Waals surface area contributed by atoms with Gasteiger partial charge in [-0.05, 0) is 24.3 Å². The van der Waals surface area contributed by atoms with Crippen LogP contribution in [0.1, 0.15) is 23.2 Å². The molecule has 0 aromatic heterocycles. The predicted molar refractivity (Wildman–Crippen MR) is 84.6 cm³/mol. The zero-order chi connectivity index (χ0) is 18.7. The third-order valence-electron chi connectivity index (χ3n) is 4.25. The Morgan fingerprint density at radius 1 is 1.19 bits per heavy atom. The molecule has 3 rings (SSSR count). The summed E-state index contributed by atoms with van der Waals surface area (Å²) < 4.78 is 48.4. The third kappa shape index (κ3) is 4.66. The fourth-order valence-electron chi connectivity index (χ4n) is 2.93.